The molecule has 1 unspecified atom stereocenters. The molecule has 3 amide bonds. The number of rotatable bonds is 14. The minimum Gasteiger partial charge on any atom is -0.497 e. The summed E-state index contributed by atoms with van der Waals surface area (Å²) in [5.74, 6) is -0.988. The lowest BCUT2D eigenvalue weighted by atomic mass is 10.0. The van der Waals surface area contributed by atoms with Gasteiger partial charge in [-0.05, 0) is 78.1 Å². The van der Waals surface area contributed by atoms with Gasteiger partial charge in [-0.1, -0.05) is 73.7 Å². The zero-order chi connectivity index (χ0) is 38.7. The lowest BCUT2D eigenvalue weighted by Gasteiger charge is -2.27. The monoisotopic (exact) mass is 774 g/mol. The quantitative estimate of drug-likeness (QED) is 0.0589. The molecule has 0 fully saturated rings. The summed E-state index contributed by atoms with van der Waals surface area (Å²) in [7, 11) is 2.93. The highest BCUT2D eigenvalue weighted by Crippen LogP contribution is 2.39. The minimum atomic E-state index is -0.522. The average molecular weight is 775 g/mol. The number of amides is 3. The lowest BCUT2D eigenvalue weighted by Crippen LogP contribution is -2.30. The van der Waals surface area contributed by atoms with Crippen LogP contribution in [0.3, 0.4) is 0 Å². The number of benzene rings is 4. The zero-order valence-corrected chi connectivity index (χ0v) is 32.4. The Labute approximate surface area is 328 Å². The summed E-state index contributed by atoms with van der Waals surface area (Å²) in [5, 5.41) is 8.71. The van der Waals surface area contributed by atoms with Crippen LogP contribution >= 0.6 is 23.1 Å². The van der Waals surface area contributed by atoms with Crippen molar-refractivity contribution in [3.63, 3.8) is 0 Å². The number of hydrogen-bond donors (Lipinski definition) is 3. The van der Waals surface area contributed by atoms with Gasteiger partial charge in [0.15, 0.2) is 0 Å². The van der Waals surface area contributed by atoms with Crippen molar-refractivity contribution < 1.29 is 28.7 Å². The number of carbonyl (C=O) groups excluding carboxylic acids is 4. The second kappa shape index (κ2) is 18.6. The van der Waals surface area contributed by atoms with Crippen LogP contribution in [-0.4, -0.2) is 54.6 Å². The van der Waals surface area contributed by atoms with E-state index in [2.05, 4.69) is 33.0 Å². The van der Waals surface area contributed by atoms with E-state index in [1.165, 1.54) is 35.8 Å². The predicted octanol–water partition coefficient (Wildman–Crippen LogP) is 8.02. The average Bonchev–Trinajstić information content (AvgIpc) is 3.57. The summed E-state index contributed by atoms with van der Waals surface area (Å²) in [5.41, 5.74) is 4.20. The van der Waals surface area contributed by atoms with Crippen LogP contribution in [0.1, 0.15) is 55.6 Å². The molecule has 0 aliphatic carbocycles. The fourth-order valence-corrected chi connectivity index (χ4v) is 8.47. The summed E-state index contributed by atoms with van der Waals surface area (Å²) < 4.78 is 10.4. The third-order valence-corrected chi connectivity index (χ3v) is 11.5. The van der Waals surface area contributed by atoms with Crippen molar-refractivity contribution in [1.82, 2.24) is 10.2 Å². The van der Waals surface area contributed by atoms with E-state index in [1.54, 1.807) is 79.9 Å². The van der Waals surface area contributed by atoms with Crippen LogP contribution in [0.15, 0.2) is 120 Å². The molecule has 1 aliphatic heterocycles. The van der Waals surface area contributed by atoms with Crippen LogP contribution in [0.4, 0.5) is 10.7 Å². The second-order valence-electron chi connectivity index (χ2n) is 12.8. The molecular weight excluding hydrogens is 733 g/mol. The topological polar surface area (TPSA) is 126 Å². The Morgan fingerprint density at radius 1 is 0.891 bits per heavy atom. The molecule has 2 heterocycles. The summed E-state index contributed by atoms with van der Waals surface area (Å²) in [6.45, 7) is 4.18. The largest absolute Gasteiger partial charge is 0.497 e. The molecule has 6 rings (SSSR count). The maximum atomic E-state index is 13.8. The highest BCUT2D eigenvalue weighted by Gasteiger charge is 2.30. The normalized spacial score (nSPS) is 13.3. The first kappa shape index (κ1) is 39.0. The lowest BCUT2D eigenvalue weighted by molar-refractivity contribution is -0.116. The number of esters is 1. The number of fused-ring (bicyclic) bond motifs is 1. The molecular formula is C43H42N4O6S2. The molecule has 1 aliphatic rings. The molecule has 12 heteroatoms. The molecule has 0 saturated carbocycles. The Morgan fingerprint density at radius 2 is 1.62 bits per heavy atom. The van der Waals surface area contributed by atoms with Crippen molar-refractivity contribution in [1.29, 1.82) is 0 Å². The van der Waals surface area contributed by atoms with Gasteiger partial charge in [-0.25, -0.2) is 4.79 Å². The summed E-state index contributed by atoms with van der Waals surface area (Å²) >= 11 is 2.78. The van der Waals surface area contributed by atoms with Crippen molar-refractivity contribution in [2.45, 2.75) is 43.0 Å². The van der Waals surface area contributed by atoms with Gasteiger partial charge in [-0.2, -0.15) is 0 Å². The van der Waals surface area contributed by atoms with E-state index >= 15 is 0 Å². The van der Waals surface area contributed by atoms with Crippen LogP contribution in [0.2, 0.25) is 0 Å². The van der Waals surface area contributed by atoms with Gasteiger partial charge in [0, 0.05) is 40.7 Å². The Kier molecular flexibility index (Phi) is 13.2. The standard InChI is InChI=1S/C43H42N4O6S2/c1-4-36(41(50)46-42-38(43(51)53-3)34-22-23-47(27-37(34)55-42)26-29-12-7-5-8-13-29)54-33-17-11-16-31(25-33)44-40(49)35(24-28-18-20-32(52-2)21-19-28)45-39(48)30-14-9-6-10-15-30/h5-21,24-25,36H,4,22-23,26-27H2,1-3H3,(H,44,49)(H,45,48)(H,46,50)/b35-24+. The molecule has 10 nitrogen and oxygen atoms in total. The van der Waals surface area contributed by atoms with E-state index in [0.717, 1.165) is 28.4 Å². The van der Waals surface area contributed by atoms with Gasteiger partial charge >= 0.3 is 5.97 Å². The van der Waals surface area contributed by atoms with Gasteiger partial charge in [-0.15, -0.1) is 23.1 Å². The number of thiophene rings is 1. The van der Waals surface area contributed by atoms with Crippen LogP contribution in [-0.2, 0) is 33.8 Å². The Hall–Kier alpha value is -5.69. The van der Waals surface area contributed by atoms with E-state index < -0.39 is 23.0 Å². The maximum absolute atomic E-state index is 13.8. The van der Waals surface area contributed by atoms with Gasteiger partial charge in [0.05, 0.1) is 25.0 Å². The van der Waals surface area contributed by atoms with E-state index in [1.807, 2.05) is 37.3 Å². The van der Waals surface area contributed by atoms with Crippen molar-refractivity contribution >= 4 is 63.6 Å². The first-order chi connectivity index (χ1) is 26.7. The van der Waals surface area contributed by atoms with E-state index in [-0.39, 0.29) is 11.6 Å². The Morgan fingerprint density at radius 3 is 2.31 bits per heavy atom. The second-order valence-corrected chi connectivity index (χ2v) is 15.2. The molecule has 0 saturated heterocycles. The third kappa shape index (κ3) is 10.1. The molecule has 55 heavy (non-hydrogen) atoms. The van der Waals surface area contributed by atoms with E-state index in [0.29, 0.717) is 52.5 Å². The van der Waals surface area contributed by atoms with Crippen LogP contribution in [0.25, 0.3) is 6.08 Å². The molecule has 282 valence electrons. The van der Waals surface area contributed by atoms with Gasteiger partial charge < -0.3 is 25.4 Å². The van der Waals surface area contributed by atoms with Crippen molar-refractivity contribution in [2.24, 2.45) is 0 Å². The number of ether oxygens (including phenoxy) is 2. The number of nitrogens with one attached hydrogen (secondary N) is 3. The smallest absolute Gasteiger partial charge is 0.341 e. The molecule has 1 aromatic heterocycles. The molecule has 0 radical (unpaired) electrons. The molecule has 4 aromatic carbocycles. The van der Waals surface area contributed by atoms with Gasteiger partial charge in [0.1, 0.15) is 16.4 Å². The number of nitrogens with zero attached hydrogens (tertiary/aromatic N) is 1. The number of thioether (sulfide) groups is 1. The van der Waals surface area contributed by atoms with Crippen LogP contribution in [0, 0.1) is 0 Å². The molecule has 5 aromatic rings. The fraction of sp³-hybridized carbons (Fsp3) is 0.209. The molecule has 3 N–H and O–H groups in total. The first-order valence-corrected chi connectivity index (χ1v) is 19.5. The first-order valence-electron chi connectivity index (χ1n) is 17.8. The van der Waals surface area contributed by atoms with Crippen molar-refractivity contribution in [3.8, 4) is 5.75 Å². The van der Waals surface area contributed by atoms with Crippen LogP contribution < -0.4 is 20.7 Å². The zero-order valence-electron chi connectivity index (χ0n) is 30.8. The van der Waals surface area contributed by atoms with E-state index in [9.17, 15) is 19.2 Å². The molecule has 1 atom stereocenters. The molecule has 0 bridgehead atoms. The highest BCUT2D eigenvalue weighted by molar-refractivity contribution is 8.00. The SMILES string of the molecule is CCC(Sc1cccc(NC(=O)/C(=C\c2ccc(OC)cc2)NC(=O)c2ccccc2)c1)C(=O)Nc1sc2c(c1C(=O)OC)CCN(Cc1ccccc1)C2. The Bertz CT molecular complexity index is 2170. The summed E-state index contributed by atoms with van der Waals surface area (Å²) in [6, 6.07) is 33.2. The molecule has 0 spiro atoms. The number of hydrogen-bond acceptors (Lipinski definition) is 9. The minimum absolute atomic E-state index is 0.0473. The highest BCUT2D eigenvalue weighted by atomic mass is 32.2. The summed E-state index contributed by atoms with van der Waals surface area (Å²) in [4.78, 5) is 57.8. The fourth-order valence-electron chi connectivity index (χ4n) is 6.17. The predicted molar refractivity (Wildman–Crippen MR) is 218 cm³/mol. The van der Waals surface area contributed by atoms with Gasteiger partial charge in [0.2, 0.25) is 5.91 Å². The van der Waals surface area contributed by atoms with Crippen LogP contribution in [0.5, 0.6) is 5.75 Å². The summed E-state index contributed by atoms with van der Waals surface area (Å²) in [6.07, 6.45) is 2.78. The van der Waals surface area contributed by atoms with Gasteiger partial charge in [-0.3, -0.25) is 19.3 Å². The Balaban J connectivity index is 1.16. The van der Waals surface area contributed by atoms with Crippen molar-refractivity contribution in [3.05, 3.63) is 148 Å². The number of carbonyl (C=O) groups is 4. The number of methoxy groups -OCH3 is 2. The van der Waals surface area contributed by atoms with Gasteiger partial charge in [0.25, 0.3) is 11.8 Å². The third-order valence-electron chi connectivity index (χ3n) is 9.00. The maximum Gasteiger partial charge on any atom is 0.341 e. The number of anilines is 2. The van der Waals surface area contributed by atoms with E-state index in [4.69, 9.17) is 9.47 Å². The van der Waals surface area contributed by atoms with Crippen molar-refractivity contribution in [2.75, 3.05) is 31.4 Å².